The molecule has 1 unspecified atom stereocenters. The zero-order chi connectivity index (χ0) is 12.4. The summed E-state index contributed by atoms with van der Waals surface area (Å²) in [5.41, 5.74) is 0.465. The molecule has 1 aliphatic rings. The van der Waals surface area contributed by atoms with Gasteiger partial charge in [0.2, 0.25) is 6.10 Å². The molecule has 1 aromatic rings. The highest BCUT2D eigenvalue weighted by molar-refractivity contribution is 6.06. The Hall–Kier alpha value is -2.44. The van der Waals surface area contributed by atoms with Crippen molar-refractivity contribution in [3.8, 4) is 0 Å². The largest absolute Gasteiger partial charge is 0.478 e. The van der Waals surface area contributed by atoms with E-state index in [4.69, 9.17) is 5.11 Å². The topological polar surface area (TPSA) is 102 Å². The summed E-state index contributed by atoms with van der Waals surface area (Å²) < 4.78 is 0. The Kier molecular flexibility index (Phi) is 2.73. The van der Waals surface area contributed by atoms with Gasteiger partial charge in [0.15, 0.2) is 0 Å². The number of hydrogen-bond acceptors (Lipinski definition) is 5. The predicted molar refractivity (Wildman–Crippen MR) is 56.8 cm³/mol. The number of oxime groups is 1. The van der Waals surface area contributed by atoms with E-state index in [2.05, 4.69) is 9.99 Å². The van der Waals surface area contributed by atoms with Crippen molar-refractivity contribution in [3.05, 3.63) is 39.9 Å². The lowest BCUT2D eigenvalue weighted by Crippen LogP contribution is -2.20. The summed E-state index contributed by atoms with van der Waals surface area (Å²) in [5.74, 6) is -1.14. The van der Waals surface area contributed by atoms with Crippen LogP contribution >= 0.6 is 0 Å². The Labute approximate surface area is 95.5 Å². The number of nitro benzene ring substituents is 1. The first kappa shape index (κ1) is 11.1. The number of nitrogens with zero attached hydrogens (tertiary/aromatic N) is 2. The second kappa shape index (κ2) is 4.20. The molecule has 1 aliphatic heterocycles. The first-order chi connectivity index (χ1) is 8.09. The molecule has 7 nitrogen and oxygen atoms in total. The van der Waals surface area contributed by atoms with E-state index >= 15 is 0 Å². The molecule has 1 aromatic carbocycles. The molecule has 17 heavy (non-hydrogen) atoms. The minimum atomic E-state index is -1.14. The zero-order valence-corrected chi connectivity index (χ0v) is 8.57. The van der Waals surface area contributed by atoms with E-state index in [0.717, 1.165) is 0 Å². The fourth-order valence-corrected chi connectivity index (χ4v) is 1.55. The number of para-hydroxylation sites is 1. The van der Waals surface area contributed by atoms with Gasteiger partial charge < -0.3 is 9.94 Å². The Morgan fingerprint density at radius 3 is 2.82 bits per heavy atom. The van der Waals surface area contributed by atoms with Crippen LogP contribution in [0.1, 0.15) is 12.0 Å². The van der Waals surface area contributed by atoms with Crippen molar-refractivity contribution in [1.29, 1.82) is 0 Å². The summed E-state index contributed by atoms with van der Waals surface area (Å²) in [7, 11) is 0. The van der Waals surface area contributed by atoms with Crippen molar-refractivity contribution in [3.63, 3.8) is 0 Å². The Morgan fingerprint density at radius 1 is 1.53 bits per heavy atom. The highest BCUT2D eigenvalue weighted by atomic mass is 16.7. The summed E-state index contributed by atoms with van der Waals surface area (Å²) in [5, 5.41) is 23.1. The molecule has 0 aromatic heterocycles. The molecular weight excluding hydrogens is 228 g/mol. The third-order valence-corrected chi connectivity index (χ3v) is 2.36. The van der Waals surface area contributed by atoms with Gasteiger partial charge in [0.05, 0.1) is 16.2 Å². The highest BCUT2D eigenvalue weighted by Crippen LogP contribution is 2.24. The molecule has 7 heteroatoms. The third-order valence-electron chi connectivity index (χ3n) is 2.36. The van der Waals surface area contributed by atoms with Crippen LogP contribution in [0.25, 0.3) is 0 Å². The zero-order valence-electron chi connectivity index (χ0n) is 8.57. The molecule has 0 spiro atoms. The smallest absolute Gasteiger partial charge is 0.348 e. The van der Waals surface area contributed by atoms with Gasteiger partial charge in [-0.05, 0) is 6.07 Å². The molecule has 88 valence electrons. The number of rotatable bonds is 3. The van der Waals surface area contributed by atoms with Crippen molar-refractivity contribution in [2.45, 2.75) is 12.5 Å². The van der Waals surface area contributed by atoms with Gasteiger partial charge >= 0.3 is 5.97 Å². The number of hydrogen-bond donors (Lipinski definition) is 1. The minimum absolute atomic E-state index is 0.0280. The summed E-state index contributed by atoms with van der Waals surface area (Å²) in [6, 6.07) is 6.02. The monoisotopic (exact) mass is 236 g/mol. The van der Waals surface area contributed by atoms with Crippen LogP contribution in [0.15, 0.2) is 29.4 Å². The number of nitro groups is 1. The van der Waals surface area contributed by atoms with E-state index in [1.54, 1.807) is 6.07 Å². The van der Waals surface area contributed by atoms with Gasteiger partial charge in [0.1, 0.15) is 0 Å². The minimum Gasteiger partial charge on any atom is -0.478 e. The highest BCUT2D eigenvalue weighted by Gasteiger charge is 2.31. The van der Waals surface area contributed by atoms with Crippen molar-refractivity contribution in [2.75, 3.05) is 0 Å². The fraction of sp³-hybridized carbons (Fsp3) is 0.200. The first-order valence-corrected chi connectivity index (χ1v) is 4.79. The Morgan fingerprint density at radius 2 is 2.24 bits per heavy atom. The predicted octanol–water partition coefficient (Wildman–Crippen LogP) is 1.17. The maximum Gasteiger partial charge on any atom is 0.348 e. The number of carboxylic acids is 1. The van der Waals surface area contributed by atoms with Crippen LogP contribution in [0, 0.1) is 10.1 Å². The van der Waals surface area contributed by atoms with Crippen LogP contribution in [0.3, 0.4) is 0 Å². The Bertz CT molecular complexity index is 511. The second-order valence-electron chi connectivity index (χ2n) is 3.45. The Balaban J connectivity index is 2.31. The molecule has 0 bridgehead atoms. The maximum atomic E-state index is 10.8. The van der Waals surface area contributed by atoms with Gasteiger partial charge in [0.25, 0.3) is 5.69 Å². The molecule has 0 saturated carbocycles. The second-order valence-corrected chi connectivity index (χ2v) is 3.45. The maximum absolute atomic E-state index is 10.8. The normalized spacial score (nSPS) is 18.4. The molecule has 1 N–H and O–H groups in total. The number of carbonyl (C=O) groups is 1. The van der Waals surface area contributed by atoms with Gasteiger partial charge in [-0.1, -0.05) is 17.3 Å². The van der Waals surface area contributed by atoms with Crippen molar-refractivity contribution >= 4 is 17.4 Å². The van der Waals surface area contributed by atoms with E-state index in [9.17, 15) is 14.9 Å². The van der Waals surface area contributed by atoms with E-state index in [1.165, 1.54) is 18.2 Å². The molecule has 2 rings (SSSR count). The third kappa shape index (κ3) is 2.07. The van der Waals surface area contributed by atoms with Crippen LogP contribution in [-0.2, 0) is 9.63 Å². The van der Waals surface area contributed by atoms with Gasteiger partial charge in [-0.2, -0.15) is 0 Å². The van der Waals surface area contributed by atoms with E-state index in [1.807, 2.05) is 0 Å². The molecule has 0 saturated heterocycles. The quantitative estimate of drug-likeness (QED) is 0.626. The van der Waals surface area contributed by atoms with Gasteiger partial charge in [-0.3, -0.25) is 10.1 Å². The average molecular weight is 236 g/mol. The van der Waals surface area contributed by atoms with Gasteiger partial charge in [-0.25, -0.2) is 4.79 Å². The van der Waals surface area contributed by atoms with Crippen LogP contribution < -0.4 is 0 Å². The lowest BCUT2D eigenvalue weighted by molar-refractivity contribution is -0.385. The first-order valence-electron chi connectivity index (χ1n) is 4.79. The van der Waals surface area contributed by atoms with Crippen LogP contribution in [0.2, 0.25) is 0 Å². The van der Waals surface area contributed by atoms with Crippen molar-refractivity contribution < 1.29 is 19.7 Å². The standard InChI is InChI=1S/C10H8N2O5/c13-10(14)9-5-7(11-17-9)6-3-1-2-4-8(6)12(15)16/h1-4,9H,5H2,(H,13,14). The summed E-state index contributed by atoms with van der Waals surface area (Å²) in [6.07, 6.45) is -1.04. The molecule has 1 atom stereocenters. The molecule has 0 amide bonds. The van der Waals surface area contributed by atoms with Crippen LogP contribution in [-0.4, -0.2) is 27.8 Å². The van der Waals surface area contributed by atoms with Crippen molar-refractivity contribution in [2.24, 2.45) is 5.16 Å². The SMILES string of the molecule is O=C(O)C1CC(c2ccccc2[N+](=O)[O-])=NO1. The van der Waals surface area contributed by atoms with Gasteiger partial charge in [0, 0.05) is 12.5 Å². The van der Waals surface area contributed by atoms with E-state index in [0.29, 0.717) is 5.56 Å². The lowest BCUT2D eigenvalue weighted by Gasteiger charge is -2.01. The fourth-order valence-electron chi connectivity index (χ4n) is 1.55. The number of carboxylic acid groups (broad SMARTS) is 1. The number of benzene rings is 1. The van der Waals surface area contributed by atoms with E-state index in [-0.39, 0.29) is 17.8 Å². The number of aliphatic carboxylic acids is 1. The molecule has 1 heterocycles. The average Bonchev–Trinajstić information content (AvgIpc) is 2.78. The summed E-state index contributed by atoms with van der Waals surface area (Å²) in [6.45, 7) is 0. The molecular formula is C10H8N2O5. The van der Waals surface area contributed by atoms with Crippen molar-refractivity contribution in [1.82, 2.24) is 0 Å². The lowest BCUT2D eigenvalue weighted by atomic mass is 10.0. The molecule has 0 aliphatic carbocycles. The van der Waals surface area contributed by atoms with Gasteiger partial charge in [-0.15, -0.1) is 0 Å². The van der Waals surface area contributed by atoms with E-state index < -0.39 is 17.0 Å². The summed E-state index contributed by atoms with van der Waals surface area (Å²) in [4.78, 5) is 25.6. The van der Waals surface area contributed by atoms with Crippen LogP contribution in [0.4, 0.5) is 5.69 Å². The van der Waals surface area contributed by atoms with Crippen LogP contribution in [0.5, 0.6) is 0 Å². The molecule has 0 fully saturated rings. The summed E-state index contributed by atoms with van der Waals surface area (Å²) >= 11 is 0. The molecule has 0 radical (unpaired) electrons.